The molecule has 90 valence electrons. The largest absolute Gasteiger partial charge is 0.459 e. The van der Waals surface area contributed by atoms with E-state index < -0.39 is 0 Å². The number of rotatable bonds is 4. The van der Waals surface area contributed by atoms with E-state index in [9.17, 15) is 0 Å². The summed E-state index contributed by atoms with van der Waals surface area (Å²) in [5, 5.41) is 0. The molecule has 0 fully saturated rings. The van der Waals surface area contributed by atoms with Crippen molar-refractivity contribution in [1.29, 1.82) is 0 Å². The van der Waals surface area contributed by atoms with Crippen LogP contribution in [0.5, 0.6) is 0 Å². The van der Waals surface area contributed by atoms with Crippen molar-refractivity contribution in [2.24, 2.45) is 0 Å². The minimum atomic E-state index is 0. The maximum absolute atomic E-state index is 3.61. The van der Waals surface area contributed by atoms with Crippen LogP contribution in [-0.2, 0) is 21.1 Å². The first-order valence-electron chi connectivity index (χ1n) is 2.95. The minimum Gasteiger partial charge on any atom is -0.459 e. The van der Waals surface area contributed by atoms with E-state index in [0.29, 0.717) is 0 Å². The van der Waals surface area contributed by atoms with E-state index >= 15 is 0 Å². The molecule has 0 saturated carbocycles. The summed E-state index contributed by atoms with van der Waals surface area (Å²) >= 11 is 0. The third-order valence-corrected chi connectivity index (χ3v) is 1.08. The van der Waals surface area contributed by atoms with Gasteiger partial charge in [0.2, 0.25) is 0 Å². The molecule has 0 aliphatic carbocycles. The molecular weight excluding hydrogens is 341 g/mol. The Hall–Kier alpha value is 0.388. The van der Waals surface area contributed by atoms with Gasteiger partial charge in [0, 0.05) is 21.1 Å². The molecule has 0 atom stereocenters. The van der Waals surface area contributed by atoms with Crippen LogP contribution in [0.4, 0.5) is 0 Å². The Morgan fingerprint density at radius 2 is 1.62 bits per heavy atom. The quantitative estimate of drug-likeness (QED) is 0.543. The molecule has 13 heavy (non-hydrogen) atoms. The molecule has 0 aromatic rings. The van der Waals surface area contributed by atoms with Gasteiger partial charge in [0.05, 0.1) is 0 Å². The fourth-order valence-corrected chi connectivity index (χ4v) is 0.384. The molecule has 0 unspecified atom stereocenters. The zero-order valence-corrected chi connectivity index (χ0v) is 12.3. The summed E-state index contributed by atoms with van der Waals surface area (Å²) in [6.45, 7) is 8.93. The van der Waals surface area contributed by atoms with Gasteiger partial charge in [-0.3, -0.25) is 6.54 Å². The molecule has 0 aliphatic rings. The van der Waals surface area contributed by atoms with Crippen molar-refractivity contribution in [3.63, 3.8) is 0 Å². The van der Waals surface area contributed by atoms with Crippen LogP contribution in [-0.4, -0.2) is 18.5 Å². The molecule has 0 N–H and O–H groups in total. The van der Waals surface area contributed by atoms with Gasteiger partial charge in [0.25, 0.3) is 0 Å². The third kappa shape index (κ3) is 32.8. The third-order valence-electron chi connectivity index (χ3n) is 1.08. The van der Waals surface area contributed by atoms with Crippen molar-refractivity contribution in [2.75, 3.05) is 13.6 Å². The predicted octanol–water partition coefficient (Wildman–Crippen LogP) is 3.47. The molecule has 0 rings (SSSR count). The van der Waals surface area contributed by atoms with Gasteiger partial charge in [-0.25, -0.2) is 0 Å². The van der Waals surface area contributed by atoms with E-state index in [1.54, 1.807) is 0 Å². The van der Waals surface area contributed by atoms with Crippen molar-refractivity contribution in [1.82, 2.24) is 4.90 Å². The average Bonchev–Trinajstić information content (AvgIpc) is 1.83. The summed E-state index contributed by atoms with van der Waals surface area (Å²) < 4.78 is 0. The van der Waals surface area contributed by atoms with Crippen LogP contribution >= 0.6 is 0 Å². The standard InChI is InChI=1S/C7H14N.4CH3.Pt/c1-4-6-7-8(3)5-2;;;;;/h4,7H,1,5-6H2,2-3H3;4*1H3;/q5*-1;. The van der Waals surface area contributed by atoms with E-state index in [1.807, 2.05) is 6.08 Å². The molecule has 2 heteroatoms. The molecule has 0 heterocycles. The molecule has 0 aromatic heterocycles. The van der Waals surface area contributed by atoms with E-state index in [2.05, 4.69) is 32.0 Å². The summed E-state index contributed by atoms with van der Waals surface area (Å²) in [7, 11) is 2.06. The Morgan fingerprint density at radius 1 is 1.23 bits per heavy atom. The maximum Gasteiger partial charge on any atom is 0 e. The van der Waals surface area contributed by atoms with Gasteiger partial charge in [-0.1, -0.05) is 6.92 Å². The van der Waals surface area contributed by atoms with E-state index in [4.69, 9.17) is 0 Å². The van der Waals surface area contributed by atoms with Gasteiger partial charge in [-0.2, -0.15) is 0 Å². The average molecular weight is 367 g/mol. The van der Waals surface area contributed by atoms with Crippen LogP contribution in [0.2, 0.25) is 0 Å². The fraction of sp³-hybridized carbons (Fsp3) is 0.364. The zero-order valence-electron chi connectivity index (χ0n) is 10.0. The second-order valence-corrected chi connectivity index (χ2v) is 1.78. The number of hydrogen-bond donors (Lipinski definition) is 0. The fourth-order valence-electron chi connectivity index (χ4n) is 0.384. The van der Waals surface area contributed by atoms with Crippen molar-refractivity contribution >= 4 is 0 Å². The van der Waals surface area contributed by atoms with Crippen LogP contribution in [0.3, 0.4) is 0 Å². The van der Waals surface area contributed by atoms with Crippen LogP contribution < -0.4 is 0 Å². The number of hydrogen-bond acceptors (Lipinski definition) is 1. The molecule has 1 nitrogen and oxygen atoms in total. The van der Waals surface area contributed by atoms with Crippen molar-refractivity contribution < 1.29 is 21.1 Å². The smallest absolute Gasteiger partial charge is 0 e. The molecule has 0 radical (unpaired) electrons. The Balaban J connectivity index is -0.0000000245. The normalized spacial score (nSPS) is 6.08. The first-order valence-corrected chi connectivity index (χ1v) is 2.95. The van der Waals surface area contributed by atoms with Crippen molar-refractivity contribution in [3.05, 3.63) is 48.9 Å². The second kappa shape index (κ2) is 29.4. The molecular formula is C11H26NPt-5. The van der Waals surface area contributed by atoms with Gasteiger partial charge < -0.3 is 34.6 Å². The zero-order chi connectivity index (χ0) is 6.41. The maximum atomic E-state index is 3.61. The van der Waals surface area contributed by atoms with Crippen molar-refractivity contribution in [2.45, 2.75) is 13.3 Å². The Labute approximate surface area is 102 Å². The molecule has 0 amide bonds. The molecule has 0 bridgehead atoms. The Kier molecular flexibility index (Phi) is 85.2. The Morgan fingerprint density at radius 3 is 1.85 bits per heavy atom. The van der Waals surface area contributed by atoms with E-state index in [0.717, 1.165) is 13.0 Å². The minimum absolute atomic E-state index is 0. The summed E-state index contributed by atoms with van der Waals surface area (Å²) in [4.78, 5) is 2.14. The second-order valence-electron chi connectivity index (χ2n) is 1.78. The summed E-state index contributed by atoms with van der Waals surface area (Å²) in [5.74, 6) is 0. The monoisotopic (exact) mass is 367 g/mol. The van der Waals surface area contributed by atoms with Crippen LogP contribution in [0.1, 0.15) is 13.3 Å². The summed E-state index contributed by atoms with van der Waals surface area (Å²) in [6.07, 6.45) is 2.87. The SMILES string of the molecule is C=CC[CH-]N(C)CC.[CH3-].[CH3-].[CH3-].[CH3-].[Pt]. The van der Waals surface area contributed by atoms with Gasteiger partial charge in [-0.05, 0) is 13.6 Å². The predicted molar refractivity (Wildman–Crippen MR) is 63.1 cm³/mol. The number of nitrogens with zero attached hydrogens (tertiary/aromatic N) is 1. The molecule has 0 aliphatic heterocycles. The van der Waals surface area contributed by atoms with Crippen LogP contribution in [0, 0.1) is 36.3 Å². The van der Waals surface area contributed by atoms with Gasteiger partial charge in [0.15, 0.2) is 0 Å². The summed E-state index contributed by atoms with van der Waals surface area (Å²) in [6, 6.07) is 0. The van der Waals surface area contributed by atoms with Crippen LogP contribution in [0.15, 0.2) is 12.7 Å². The van der Waals surface area contributed by atoms with Crippen molar-refractivity contribution in [3.8, 4) is 0 Å². The topological polar surface area (TPSA) is 3.24 Å². The first kappa shape index (κ1) is 37.6. The first-order chi connectivity index (χ1) is 3.81. The van der Waals surface area contributed by atoms with E-state index in [1.165, 1.54) is 0 Å². The molecule has 0 saturated heterocycles. The Bertz CT molecular complexity index is 65.1. The van der Waals surface area contributed by atoms with E-state index in [-0.39, 0.29) is 50.8 Å². The van der Waals surface area contributed by atoms with Gasteiger partial charge in [0.1, 0.15) is 0 Å². The summed E-state index contributed by atoms with van der Waals surface area (Å²) in [5.41, 5.74) is 0. The molecule has 0 aromatic carbocycles. The van der Waals surface area contributed by atoms with Gasteiger partial charge in [-0.15, -0.1) is 19.1 Å². The molecule has 0 spiro atoms. The van der Waals surface area contributed by atoms with Gasteiger partial charge >= 0.3 is 0 Å². The van der Waals surface area contributed by atoms with Crippen LogP contribution in [0.25, 0.3) is 0 Å².